The molecule has 0 amide bonds. The first-order valence-electron chi connectivity index (χ1n) is 29.3. The van der Waals surface area contributed by atoms with Crippen molar-refractivity contribution < 1.29 is 28.6 Å². The van der Waals surface area contributed by atoms with Crippen molar-refractivity contribution in [3.63, 3.8) is 0 Å². The molecule has 0 aromatic rings. The number of esters is 3. The molecule has 0 fully saturated rings. The standard InChI is InChI=1S/C59H114O6/c1-6-9-10-11-12-13-22-31-36-41-46-51-59(62)65-56(53-64-58(61)50-45-40-35-30-26-25-28-33-38-43-48-55(5)8-3)52-63-57(60)49-44-39-34-29-24-21-19-17-15-14-16-18-20-23-27-32-37-42-47-54(4)7-2/h54-56H,6-53H2,1-5H3/t54?,55?,56-/m0/s1. The Morgan fingerprint density at radius 3 is 0.800 bits per heavy atom. The van der Waals surface area contributed by atoms with E-state index in [9.17, 15) is 14.4 Å². The predicted octanol–water partition coefficient (Wildman–Crippen LogP) is 19.3. The van der Waals surface area contributed by atoms with Crippen LogP contribution in [0.1, 0.15) is 330 Å². The molecule has 65 heavy (non-hydrogen) atoms. The summed E-state index contributed by atoms with van der Waals surface area (Å²) in [5, 5.41) is 0. The zero-order chi connectivity index (χ0) is 47.5. The predicted molar refractivity (Wildman–Crippen MR) is 280 cm³/mol. The summed E-state index contributed by atoms with van der Waals surface area (Å²) in [4.78, 5) is 38.1. The highest BCUT2D eigenvalue weighted by molar-refractivity contribution is 5.71. The van der Waals surface area contributed by atoms with Crippen molar-refractivity contribution >= 4 is 17.9 Å². The maximum Gasteiger partial charge on any atom is 0.306 e. The molecule has 0 aromatic carbocycles. The van der Waals surface area contributed by atoms with Crippen LogP contribution in [0, 0.1) is 11.8 Å². The Kier molecular flexibility index (Phi) is 50.5. The molecule has 0 rings (SSSR count). The number of rotatable bonds is 53. The lowest BCUT2D eigenvalue weighted by atomic mass is 9.99. The molecule has 0 aliphatic carbocycles. The molecule has 0 aliphatic rings. The van der Waals surface area contributed by atoms with Crippen LogP contribution < -0.4 is 0 Å². The second-order valence-electron chi connectivity index (χ2n) is 20.8. The van der Waals surface area contributed by atoms with Crippen molar-refractivity contribution in [3.05, 3.63) is 0 Å². The molecule has 6 heteroatoms. The Balaban J connectivity index is 4.20. The van der Waals surface area contributed by atoms with E-state index in [0.717, 1.165) is 69.6 Å². The molecule has 3 atom stereocenters. The van der Waals surface area contributed by atoms with Crippen LogP contribution in [0.4, 0.5) is 0 Å². The van der Waals surface area contributed by atoms with Gasteiger partial charge >= 0.3 is 17.9 Å². The van der Waals surface area contributed by atoms with E-state index < -0.39 is 6.10 Å². The third kappa shape index (κ3) is 50.1. The molecular weight excluding hydrogens is 805 g/mol. The van der Waals surface area contributed by atoms with Gasteiger partial charge in [0.25, 0.3) is 0 Å². The van der Waals surface area contributed by atoms with E-state index in [1.165, 1.54) is 218 Å². The molecule has 0 heterocycles. The third-order valence-corrected chi connectivity index (χ3v) is 14.2. The Labute approximate surface area is 406 Å². The van der Waals surface area contributed by atoms with Gasteiger partial charge in [-0.2, -0.15) is 0 Å². The first-order chi connectivity index (χ1) is 31.8. The van der Waals surface area contributed by atoms with Crippen LogP contribution in [0.5, 0.6) is 0 Å². The van der Waals surface area contributed by atoms with E-state index in [2.05, 4.69) is 34.6 Å². The number of hydrogen-bond acceptors (Lipinski definition) is 6. The molecule has 0 saturated carbocycles. The number of ether oxygens (including phenoxy) is 3. The molecule has 0 bridgehead atoms. The lowest BCUT2D eigenvalue weighted by molar-refractivity contribution is -0.167. The van der Waals surface area contributed by atoms with Crippen LogP contribution in [-0.2, 0) is 28.6 Å². The van der Waals surface area contributed by atoms with Gasteiger partial charge in [-0.1, -0.05) is 291 Å². The van der Waals surface area contributed by atoms with Gasteiger partial charge in [-0.15, -0.1) is 0 Å². The van der Waals surface area contributed by atoms with E-state index in [0.29, 0.717) is 19.3 Å². The van der Waals surface area contributed by atoms with Crippen LogP contribution in [0.2, 0.25) is 0 Å². The summed E-state index contributed by atoms with van der Waals surface area (Å²) in [6.07, 6.45) is 55.1. The minimum absolute atomic E-state index is 0.0628. The topological polar surface area (TPSA) is 78.9 Å². The second kappa shape index (κ2) is 51.8. The van der Waals surface area contributed by atoms with Crippen LogP contribution in [0.3, 0.4) is 0 Å². The summed E-state index contributed by atoms with van der Waals surface area (Å²) in [7, 11) is 0. The van der Waals surface area contributed by atoms with Crippen LogP contribution in [-0.4, -0.2) is 37.2 Å². The Morgan fingerprint density at radius 2 is 0.538 bits per heavy atom. The molecule has 386 valence electrons. The first-order valence-corrected chi connectivity index (χ1v) is 29.3. The fourth-order valence-electron chi connectivity index (χ4n) is 8.99. The molecule has 0 spiro atoms. The molecule has 6 nitrogen and oxygen atoms in total. The first kappa shape index (κ1) is 63.4. The van der Waals surface area contributed by atoms with Gasteiger partial charge in [0.15, 0.2) is 6.10 Å². The second-order valence-corrected chi connectivity index (χ2v) is 20.8. The monoisotopic (exact) mass is 919 g/mol. The molecular formula is C59H114O6. The Hall–Kier alpha value is -1.59. The van der Waals surface area contributed by atoms with Gasteiger partial charge in [-0.25, -0.2) is 0 Å². The van der Waals surface area contributed by atoms with Gasteiger partial charge in [0.05, 0.1) is 0 Å². The minimum Gasteiger partial charge on any atom is -0.462 e. The van der Waals surface area contributed by atoms with E-state index in [4.69, 9.17) is 14.2 Å². The Bertz CT molecular complexity index is 997. The van der Waals surface area contributed by atoms with E-state index in [1.807, 2.05) is 0 Å². The zero-order valence-corrected chi connectivity index (χ0v) is 44.6. The number of carbonyl (C=O) groups excluding carboxylic acids is 3. The highest BCUT2D eigenvalue weighted by Crippen LogP contribution is 2.19. The summed E-state index contributed by atoms with van der Waals surface area (Å²) in [5.41, 5.74) is 0. The molecule has 0 radical (unpaired) electrons. The average molecular weight is 920 g/mol. The van der Waals surface area contributed by atoms with E-state index in [-0.39, 0.29) is 31.1 Å². The average Bonchev–Trinajstić information content (AvgIpc) is 3.30. The number of hydrogen-bond donors (Lipinski definition) is 0. The molecule has 0 saturated heterocycles. The smallest absolute Gasteiger partial charge is 0.306 e. The van der Waals surface area contributed by atoms with Crippen LogP contribution in [0.15, 0.2) is 0 Å². The normalized spacial score (nSPS) is 12.9. The molecule has 0 N–H and O–H groups in total. The maximum absolute atomic E-state index is 12.8. The third-order valence-electron chi connectivity index (χ3n) is 14.2. The zero-order valence-electron chi connectivity index (χ0n) is 44.6. The Morgan fingerprint density at radius 1 is 0.308 bits per heavy atom. The highest BCUT2D eigenvalue weighted by Gasteiger charge is 2.19. The van der Waals surface area contributed by atoms with Crippen molar-refractivity contribution in [2.45, 2.75) is 336 Å². The minimum atomic E-state index is -0.762. The summed E-state index contributed by atoms with van der Waals surface area (Å²) in [6.45, 7) is 11.5. The fraction of sp³-hybridized carbons (Fsp3) is 0.949. The quantitative estimate of drug-likeness (QED) is 0.0344. The van der Waals surface area contributed by atoms with Crippen molar-refractivity contribution in [3.8, 4) is 0 Å². The van der Waals surface area contributed by atoms with E-state index >= 15 is 0 Å². The molecule has 2 unspecified atom stereocenters. The van der Waals surface area contributed by atoms with Gasteiger partial charge in [0.2, 0.25) is 0 Å². The van der Waals surface area contributed by atoms with Gasteiger partial charge in [0, 0.05) is 19.3 Å². The van der Waals surface area contributed by atoms with Crippen LogP contribution in [0.25, 0.3) is 0 Å². The summed E-state index contributed by atoms with van der Waals surface area (Å²) < 4.78 is 16.9. The van der Waals surface area contributed by atoms with Gasteiger partial charge in [-0.05, 0) is 31.1 Å². The highest BCUT2D eigenvalue weighted by atomic mass is 16.6. The summed E-state index contributed by atoms with van der Waals surface area (Å²) in [5.74, 6) is 0.939. The van der Waals surface area contributed by atoms with Crippen molar-refractivity contribution in [1.82, 2.24) is 0 Å². The lowest BCUT2D eigenvalue weighted by Gasteiger charge is -2.18. The van der Waals surface area contributed by atoms with Gasteiger partial charge in [-0.3, -0.25) is 14.4 Å². The SMILES string of the molecule is CCCCCCCCCCCCCC(=O)O[C@@H](COC(=O)CCCCCCCCCCCCCCCCCCCCC(C)CC)COC(=O)CCCCCCCCCCCCC(C)CC. The number of carbonyl (C=O) groups is 3. The van der Waals surface area contributed by atoms with Crippen LogP contribution >= 0.6 is 0 Å². The number of unbranched alkanes of at least 4 members (excludes halogenated alkanes) is 36. The fourth-order valence-corrected chi connectivity index (χ4v) is 8.99. The van der Waals surface area contributed by atoms with Gasteiger partial charge in [0.1, 0.15) is 13.2 Å². The molecule has 0 aromatic heterocycles. The van der Waals surface area contributed by atoms with Gasteiger partial charge < -0.3 is 14.2 Å². The van der Waals surface area contributed by atoms with Crippen molar-refractivity contribution in [2.75, 3.05) is 13.2 Å². The van der Waals surface area contributed by atoms with E-state index in [1.54, 1.807) is 0 Å². The summed E-state index contributed by atoms with van der Waals surface area (Å²) >= 11 is 0. The summed E-state index contributed by atoms with van der Waals surface area (Å²) in [6, 6.07) is 0. The largest absolute Gasteiger partial charge is 0.462 e. The lowest BCUT2D eigenvalue weighted by Crippen LogP contribution is -2.30. The van der Waals surface area contributed by atoms with Crippen molar-refractivity contribution in [1.29, 1.82) is 0 Å². The maximum atomic E-state index is 12.8. The molecule has 0 aliphatic heterocycles. The van der Waals surface area contributed by atoms with Crippen molar-refractivity contribution in [2.24, 2.45) is 11.8 Å².